The van der Waals surface area contributed by atoms with E-state index in [2.05, 4.69) is 4.98 Å². The van der Waals surface area contributed by atoms with Crippen molar-refractivity contribution in [2.45, 2.75) is 12.5 Å². The highest BCUT2D eigenvalue weighted by molar-refractivity contribution is 5.85. The lowest BCUT2D eigenvalue weighted by Crippen LogP contribution is -2.05. The summed E-state index contributed by atoms with van der Waals surface area (Å²) in [5.41, 5.74) is 0.923. The van der Waals surface area contributed by atoms with Gasteiger partial charge in [0.25, 0.3) is 0 Å². The predicted molar refractivity (Wildman–Crippen MR) is 83.3 cm³/mol. The Morgan fingerprint density at radius 1 is 1.00 bits per heavy atom. The molecule has 0 aliphatic rings. The molecule has 0 spiro atoms. The van der Waals surface area contributed by atoms with Crippen molar-refractivity contribution in [1.29, 1.82) is 0 Å². The number of aliphatic hydroxyl groups is 1. The molecule has 0 saturated carbocycles. The van der Waals surface area contributed by atoms with Crippen LogP contribution in [0.3, 0.4) is 0 Å². The van der Waals surface area contributed by atoms with E-state index in [4.69, 9.17) is 4.74 Å². The Morgan fingerprint density at radius 3 is 2.71 bits per heavy atom. The fourth-order valence-corrected chi connectivity index (χ4v) is 2.40. The number of rotatable bonds is 5. The van der Waals surface area contributed by atoms with E-state index in [1.165, 1.54) is 0 Å². The number of benzene rings is 2. The van der Waals surface area contributed by atoms with Gasteiger partial charge < -0.3 is 9.84 Å². The Balaban J connectivity index is 1.68. The summed E-state index contributed by atoms with van der Waals surface area (Å²) in [6, 6.07) is 17.5. The maximum Gasteiger partial charge on any atom is 0.119 e. The average Bonchev–Trinajstić information content (AvgIpc) is 2.55. The second kappa shape index (κ2) is 6.37. The predicted octanol–water partition coefficient (Wildman–Crippen LogP) is 3.74. The molecule has 1 unspecified atom stereocenters. The van der Waals surface area contributed by atoms with Crippen molar-refractivity contribution in [3.8, 4) is 5.75 Å². The van der Waals surface area contributed by atoms with Gasteiger partial charge in [0.15, 0.2) is 0 Å². The number of hydrogen-bond acceptors (Lipinski definition) is 3. The Labute approximate surface area is 123 Å². The van der Waals surface area contributed by atoms with Gasteiger partial charge in [-0.2, -0.15) is 0 Å². The molecule has 1 atom stereocenters. The molecule has 0 radical (unpaired) electrons. The summed E-state index contributed by atoms with van der Waals surface area (Å²) in [5, 5.41) is 12.5. The Morgan fingerprint density at radius 2 is 1.86 bits per heavy atom. The van der Waals surface area contributed by atoms with E-state index in [1.54, 1.807) is 6.20 Å². The van der Waals surface area contributed by atoms with Crippen LogP contribution in [-0.4, -0.2) is 16.7 Å². The van der Waals surface area contributed by atoms with Crippen molar-refractivity contribution >= 4 is 10.8 Å². The molecule has 3 aromatic rings. The molecule has 3 heteroatoms. The van der Waals surface area contributed by atoms with Gasteiger partial charge in [-0.15, -0.1) is 0 Å². The highest BCUT2D eigenvalue weighted by Crippen LogP contribution is 2.25. The van der Waals surface area contributed by atoms with Crippen molar-refractivity contribution in [3.63, 3.8) is 0 Å². The first-order valence-electron chi connectivity index (χ1n) is 7.03. The Bertz CT molecular complexity index is 707. The third kappa shape index (κ3) is 3.20. The summed E-state index contributed by atoms with van der Waals surface area (Å²) in [4.78, 5) is 4.11. The highest BCUT2D eigenvalue weighted by atomic mass is 16.5. The molecule has 0 saturated heterocycles. The summed E-state index contributed by atoms with van der Waals surface area (Å²) in [5.74, 6) is 0.826. The van der Waals surface area contributed by atoms with E-state index < -0.39 is 6.10 Å². The SMILES string of the molecule is OC(CCOc1ccccc1)c1cccc2cnccc12. The van der Waals surface area contributed by atoms with Crippen molar-refractivity contribution in [2.75, 3.05) is 6.61 Å². The van der Waals surface area contributed by atoms with E-state index in [0.717, 1.165) is 22.1 Å². The highest BCUT2D eigenvalue weighted by Gasteiger charge is 2.11. The molecule has 0 aliphatic carbocycles. The standard InChI is InChI=1S/C18H17NO2/c20-18(10-12-21-15-6-2-1-3-7-15)17-8-4-5-14-13-19-11-9-16(14)17/h1-9,11,13,18,20H,10,12H2. The van der Waals surface area contributed by atoms with Gasteiger partial charge >= 0.3 is 0 Å². The van der Waals surface area contributed by atoms with Crippen LogP contribution in [0.5, 0.6) is 5.75 Å². The molecule has 0 aliphatic heterocycles. The normalized spacial score (nSPS) is 12.2. The van der Waals surface area contributed by atoms with Crippen LogP contribution in [-0.2, 0) is 0 Å². The maximum atomic E-state index is 10.4. The third-order valence-corrected chi connectivity index (χ3v) is 3.48. The second-order valence-electron chi connectivity index (χ2n) is 4.91. The lowest BCUT2D eigenvalue weighted by molar-refractivity contribution is 0.142. The number of fused-ring (bicyclic) bond motifs is 1. The zero-order chi connectivity index (χ0) is 14.5. The van der Waals surface area contributed by atoms with Crippen molar-refractivity contribution in [3.05, 3.63) is 72.6 Å². The molecular weight excluding hydrogens is 262 g/mol. The van der Waals surface area contributed by atoms with E-state index >= 15 is 0 Å². The maximum absolute atomic E-state index is 10.4. The van der Waals surface area contributed by atoms with Crippen LogP contribution in [0.25, 0.3) is 10.8 Å². The molecule has 106 valence electrons. The monoisotopic (exact) mass is 279 g/mol. The number of aromatic nitrogens is 1. The summed E-state index contributed by atoms with van der Waals surface area (Å²) in [7, 11) is 0. The first-order valence-corrected chi connectivity index (χ1v) is 7.03. The van der Waals surface area contributed by atoms with E-state index in [0.29, 0.717) is 13.0 Å². The fourth-order valence-electron chi connectivity index (χ4n) is 2.40. The first-order chi connectivity index (χ1) is 10.3. The van der Waals surface area contributed by atoms with E-state index in [9.17, 15) is 5.11 Å². The van der Waals surface area contributed by atoms with Gasteiger partial charge in [-0.05, 0) is 29.1 Å². The van der Waals surface area contributed by atoms with Crippen LogP contribution in [0.2, 0.25) is 0 Å². The molecule has 0 amide bonds. The van der Waals surface area contributed by atoms with Gasteiger partial charge in [0.1, 0.15) is 5.75 Å². The summed E-state index contributed by atoms with van der Waals surface area (Å²) in [6.07, 6.45) is 3.57. The molecule has 1 heterocycles. The summed E-state index contributed by atoms with van der Waals surface area (Å²) in [6.45, 7) is 0.479. The Kier molecular flexibility index (Phi) is 4.12. The average molecular weight is 279 g/mol. The molecule has 3 rings (SSSR count). The van der Waals surface area contributed by atoms with Crippen molar-refractivity contribution in [2.24, 2.45) is 0 Å². The van der Waals surface area contributed by atoms with Crippen LogP contribution in [0.15, 0.2) is 67.0 Å². The van der Waals surface area contributed by atoms with E-state index in [-0.39, 0.29) is 0 Å². The molecule has 1 N–H and O–H groups in total. The lowest BCUT2D eigenvalue weighted by Gasteiger charge is -2.14. The lowest BCUT2D eigenvalue weighted by atomic mass is 10.0. The molecule has 1 aromatic heterocycles. The van der Waals surface area contributed by atoms with Crippen molar-refractivity contribution < 1.29 is 9.84 Å². The zero-order valence-electron chi connectivity index (χ0n) is 11.6. The number of ether oxygens (including phenoxy) is 1. The van der Waals surface area contributed by atoms with Crippen LogP contribution < -0.4 is 4.74 Å². The number of nitrogens with zero attached hydrogens (tertiary/aromatic N) is 1. The third-order valence-electron chi connectivity index (χ3n) is 3.48. The number of aliphatic hydroxyl groups excluding tert-OH is 1. The molecule has 2 aromatic carbocycles. The van der Waals surface area contributed by atoms with Crippen LogP contribution >= 0.6 is 0 Å². The van der Waals surface area contributed by atoms with E-state index in [1.807, 2.05) is 60.8 Å². The zero-order valence-corrected chi connectivity index (χ0v) is 11.6. The minimum Gasteiger partial charge on any atom is -0.493 e. The first kappa shape index (κ1) is 13.6. The number of para-hydroxylation sites is 1. The molecule has 21 heavy (non-hydrogen) atoms. The summed E-state index contributed by atoms with van der Waals surface area (Å²) >= 11 is 0. The topological polar surface area (TPSA) is 42.4 Å². The van der Waals surface area contributed by atoms with Crippen LogP contribution in [0, 0.1) is 0 Å². The molecule has 0 fully saturated rings. The quantitative estimate of drug-likeness (QED) is 0.773. The van der Waals surface area contributed by atoms with Gasteiger partial charge in [0.05, 0.1) is 12.7 Å². The smallest absolute Gasteiger partial charge is 0.119 e. The fraction of sp³-hybridized carbons (Fsp3) is 0.167. The van der Waals surface area contributed by atoms with Crippen LogP contribution in [0.4, 0.5) is 0 Å². The number of hydrogen-bond donors (Lipinski definition) is 1. The molecule has 0 bridgehead atoms. The van der Waals surface area contributed by atoms with Crippen LogP contribution in [0.1, 0.15) is 18.1 Å². The van der Waals surface area contributed by atoms with Gasteiger partial charge in [-0.25, -0.2) is 0 Å². The van der Waals surface area contributed by atoms with Gasteiger partial charge in [-0.1, -0.05) is 36.4 Å². The van der Waals surface area contributed by atoms with Gasteiger partial charge in [-0.3, -0.25) is 4.98 Å². The molecule has 3 nitrogen and oxygen atoms in total. The van der Waals surface area contributed by atoms with Crippen molar-refractivity contribution in [1.82, 2.24) is 4.98 Å². The van der Waals surface area contributed by atoms with Gasteiger partial charge in [0.2, 0.25) is 0 Å². The largest absolute Gasteiger partial charge is 0.493 e. The minimum atomic E-state index is -0.542. The number of pyridine rings is 1. The molecular formula is C18H17NO2. The van der Waals surface area contributed by atoms with Gasteiger partial charge in [0, 0.05) is 24.2 Å². The Hall–Kier alpha value is -2.39. The second-order valence-corrected chi connectivity index (χ2v) is 4.91. The summed E-state index contributed by atoms with van der Waals surface area (Å²) < 4.78 is 5.64. The minimum absolute atomic E-state index is 0.479.